The average molecular weight is 264 g/mol. The molecule has 0 N–H and O–H groups in total. The third-order valence-electron chi connectivity index (χ3n) is 2.09. The molecule has 0 aliphatic heterocycles. The summed E-state index contributed by atoms with van der Waals surface area (Å²) in [6, 6.07) is 6.42. The topological polar surface area (TPSA) is 69.3 Å². The van der Waals surface area contributed by atoms with Crippen molar-refractivity contribution in [3.8, 4) is 0 Å². The first kappa shape index (κ1) is 12.8. The number of rotatable bonds is 2. The Morgan fingerprint density at radius 3 is 2.56 bits per heavy atom. The minimum atomic E-state index is -3.60. The van der Waals surface area contributed by atoms with Crippen LogP contribution in [0.25, 0.3) is 11.1 Å². The second-order valence-electron chi connectivity index (χ2n) is 3.00. The number of hydrogen-bond acceptors (Lipinski definition) is 4. The van der Waals surface area contributed by atoms with Crippen LogP contribution in [0.4, 0.5) is 0 Å². The molecule has 1 aromatic heterocycles. The molecule has 0 saturated heterocycles. The third-order valence-corrected chi connectivity index (χ3v) is 3.72. The molecule has 5 nitrogen and oxygen atoms in total. The predicted molar refractivity (Wildman–Crippen MR) is 62.6 cm³/mol. The van der Waals surface area contributed by atoms with E-state index in [1.54, 1.807) is 18.2 Å². The van der Waals surface area contributed by atoms with Gasteiger partial charge in [-0.2, -0.15) is 3.97 Å². The number of nitrogens with zero attached hydrogens (tertiary/aromatic N) is 1. The normalized spacial score (nSPS) is 11.3. The quantitative estimate of drug-likeness (QED) is 0.817. The highest BCUT2D eigenvalue weighted by molar-refractivity contribution is 7.90. The molecule has 88 valence electrons. The molecule has 0 aliphatic rings. The fraction of sp³-hybridized carbons (Fsp3) is 0.222. The van der Waals surface area contributed by atoms with E-state index in [0.717, 1.165) is 0 Å². The van der Waals surface area contributed by atoms with E-state index in [4.69, 9.17) is 4.42 Å². The first-order valence-electron chi connectivity index (χ1n) is 4.40. The van der Waals surface area contributed by atoms with Crippen LogP contribution in [0.3, 0.4) is 0 Å². The van der Waals surface area contributed by atoms with Crippen molar-refractivity contribution in [1.82, 2.24) is 3.97 Å². The van der Waals surface area contributed by atoms with Gasteiger partial charge in [-0.3, -0.25) is 0 Å². The van der Waals surface area contributed by atoms with Gasteiger partial charge in [-0.15, -0.1) is 12.4 Å². The lowest BCUT2D eigenvalue weighted by Gasteiger charge is -1.99. The van der Waals surface area contributed by atoms with Crippen LogP contribution in [-0.2, 0) is 10.0 Å². The molecule has 0 bridgehead atoms. The van der Waals surface area contributed by atoms with Gasteiger partial charge in [0.25, 0.3) is 0 Å². The molecule has 7 heteroatoms. The zero-order valence-corrected chi connectivity index (χ0v) is 10.0. The molecule has 0 unspecified atom stereocenters. The van der Waals surface area contributed by atoms with Crippen LogP contribution in [0.2, 0.25) is 0 Å². The van der Waals surface area contributed by atoms with E-state index in [1.807, 2.05) is 0 Å². The van der Waals surface area contributed by atoms with Crippen molar-refractivity contribution in [1.29, 1.82) is 0 Å². The summed E-state index contributed by atoms with van der Waals surface area (Å²) in [6.45, 7) is 1.48. The molecular formula is C9H10ClNO4S. The third kappa shape index (κ3) is 1.85. The van der Waals surface area contributed by atoms with Crippen LogP contribution < -0.4 is 5.76 Å². The average Bonchev–Trinajstić information content (AvgIpc) is 2.54. The molecule has 1 heterocycles. The van der Waals surface area contributed by atoms with Crippen LogP contribution in [-0.4, -0.2) is 18.1 Å². The fourth-order valence-corrected chi connectivity index (χ4v) is 2.31. The zero-order valence-electron chi connectivity index (χ0n) is 8.41. The predicted octanol–water partition coefficient (Wildman–Crippen LogP) is 1.21. The van der Waals surface area contributed by atoms with Crippen LogP contribution in [0.1, 0.15) is 6.92 Å². The smallest absolute Gasteiger partial charge is 0.407 e. The summed E-state index contributed by atoms with van der Waals surface area (Å²) in [4.78, 5) is 11.4. The summed E-state index contributed by atoms with van der Waals surface area (Å²) >= 11 is 0. The van der Waals surface area contributed by atoms with Gasteiger partial charge in [0.05, 0.1) is 5.75 Å². The molecule has 0 spiro atoms. The van der Waals surface area contributed by atoms with E-state index in [2.05, 4.69) is 0 Å². The summed E-state index contributed by atoms with van der Waals surface area (Å²) in [5.74, 6) is -1.01. The van der Waals surface area contributed by atoms with E-state index in [9.17, 15) is 13.2 Å². The van der Waals surface area contributed by atoms with Gasteiger partial charge in [0.2, 0.25) is 10.0 Å². The van der Waals surface area contributed by atoms with Gasteiger partial charge >= 0.3 is 5.76 Å². The number of oxazole rings is 1. The zero-order chi connectivity index (χ0) is 11.1. The maximum absolute atomic E-state index is 11.6. The Bertz CT molecular complexity index is 655. The van der Waals surface area contributed by atoms with Crippen molar-refractivity contribution in [2.45, 2.75) is 6.92 Å². The molecular weight excluding hydrogens is 254 g/mol. The summed E-state index contributed by atoms with van der Waals surface area (Å²) < 4.78 is 28.7. The molecule has 0 aliphatic carbocycles. The Morgan fingerprint density at radius 2 is 1.94 bits per heavy atom. The highest BCUT2D eigenvalue weighted by Crippen LogP contribution is 2.13. The molecule has 2 rings (SSSR count). The molecule has 0 saturated carbocycles. The van der Waals surface area contributed by atoms with Gasteiger partial charge < -0.3 is 4.42 Å². The minimum Gasteiger partial charge on any atom is -0.407 e. The molecule has 0 radical (unpaired) electrons. The minimum absolute atomic E-state index is 0. The van der Waals surface area contributed by atoms with Gasteiger partial charge in [0.15, 0.2) is 5.58 Å². The Balaban J connectivity index is 0.00000128. The standard InChI is InChI=1S/C9H9NO4S.ClH/c1-2-15(12,13)10-7-5-3-4-6-8(7)14-9(10)11;/h3-6H,2H2,1H3;1H. The molecule has 16 heavy (non-hydrogen) atoms. The maximum atomic E-state index is 11.6. The summed E-state index contributed by atoms with van der Waals surface area (Å²) in [7, 11) is -3.60. The monoisotopic (exact) mass is 263 g/mol. The van der Waals surface area contributed by atoms with Crippen molar-refractivity contribution >= 4 is 33.5 Å². The second kappa shape index (κ2) is 4.31. The Morgan fingerprint density at radius 1 is 1.31 bits per heavy atom. The Hall–Kier alpha value is -1.27. The molecule has 1 aromatic carbocycles. The lowest BCUT2D eigenvalue weighted by molar-refractivity contribution is 0.534. The maximum Gasteiger partial charge on any atom is 0.434 e. The van der Waals surface area contributed by atoms with E-state index in [-0.39, 0.29) is 29.3 Å². The van der Waals surface area contributed by atoms with Gasteiger partial charge in [-0.1, -0.05) is 12.1 Å². The SMILES string of the molecule is CCS(=O)(=O)n1c(=O)oc2ccccc21.Cl. The largest absolute Gasteiger partial charge is 0.434 e. The summed E-state index contributed by atoms with van der Waals surface area (Å²) in [5, 5.41) is 0. The van der Waals surface area contributed by atoms with Crippen LogP contribution in [0.15, 0.2) is 33.5 Å². The first-order valence-corrected chi connectivity index (χ1v) is 6.01. The number of benzene rings is 1. The first-order chi connectivity index (χ1) is 7.06. The van der Waals surface area contributed by atoms with Crippen molar-refractivity contribution < 1.29 is 12.8 Å². The number of para-hydroxylation sites is 2. The fourth-order valence-electron chi connectivity index (χ4n) is 1.34. The number of halogens is 1. The Labute approximate surface area is 98.1 Å². The highest BCUT2D eigenvalue weighted by atomic mass is 35.5. The second-order valence-corrected chi connectivity index (χ2v) is 5.11. The van der Waals surface area contributed by atoms with E-state index < -0.39 is 15.8 Å². The van der Waals surface area contributed by atoms with Crippen LogP contribution in [0, 0.1) is 0 Å². The highest BCUT2D eigenvalue weighted by Gasteiger charge is 2.19. The lowest BCUT2D eigenvalue weighted by Crippen LogP contribution is -2.24. The Kier molecular flexibility index (Phi) is 3.44. The van der Waals surface area contributed by atoms with Gasteiger partial charge in [0, 0.05) is 0 Å². The molecule has 0 atom stereocenters. The lowest BCUT2D eigenvalue weighted by atomic mass is 10.3. The van der Waals surface area contributed by atoms with Gasteiger partial charge in [-0.05, 0) is 19.1 Å². The van der Waals surface area contributed by atoms with Gasteiger partial charge in [0.1, 0.15) is 5.52 Å². The van der Waals surface area contributed by atoms with Crippen molar-refractivity contribution in [3.63, 3.8) is 0 Å². The number of aromatic nitrogens is 1. The summed E-state index contributed by atoms with van der Waals surface area (Å²) in [6.07, 6.45) is 0. The summed E-state index contributed by atoms with van der Waals surface area (Å²) in [5.41, 5.74) is 0.559. The molecule has 0 fully saturated rings. The molecule has 2 aromatic rings. The van der Waals surface area contributed by atoms with Crippen LogP contribution >= 0.6 is 12.4 Å². The van der Waals surface area contributed by atoms with Crippen LogP contribution in [0.5, 0.6) is 0 Å². The van der Waals surface area contributed by atoms with Gasteiger partial charge in [-0.25, -0.2) is 13.2 Å². The number of hydrogen-bond donors (Lipinski definition) is 0. The van der Waals surface area contributed by atoms with E-state index in [1.165, 1.54) is 13.0 Å². The van der Waals surface area contributed by atoms with Crippen molar-refractivity contribution in [2.24, 2.45) is 0 Å². The molecule has 0 amide bonds. The number of fused-ring (bicyclic) bond motifs is 1. The van der Waals surface area contributed by atoms with E-state index >= 15 is 0 Å². The van der Waals surface area contributed by atoms with Crippen molar-refractivity contribution in [2.75, 3.05) is 5.75 Å². The van der Waals surface area contributed by atoms with Crippen molar-refractivity contribution in [3.05, 3.63) is 34.8 Å². The van der Waals surface area contributed by atoms with E-state index in [0.29, 0.717) is 3.97 Å².